The Hall–Kier alpha value is -1.97. The summed E-state index contributed by atoms with van der Waals surface area (Å²) in [4.78, 5) is 15.9. The predicted octanol–water partition coefficient (Wildman–Crippen LogP) is 3.05. The number of nitrogens with zero attached hydrogens (tertiary/aromatic N) is 2. The predicted molar refractivity (Wildman–Crippen MR) is 72.0 cm³/mol. The molecule has 0 aliphatic carbocycles. The van der Waals surface area contributed by atoms with Gasteiger partial charge in [-0.25, -0.2) is 0 Å². The fourth-order valence-corrected chi connectivity index (χ4v) is 1.85. The smallest absolute Gasteiger partial charge is 0.236 e. The van der Waals surface area contributed by atoms with Gasteiger partial charge in [0, 0.05) is 12.8 Å². The average Bonchev–Trinajstić information content (AvgIpc) is 2.88. The molecule has 19 heavy (non-hydrogen) atoms. The molecule has 1 aromatic heterocycles. The fourth-order valence-electron chi connectivity index (χ4n) is 1.85. The zero-order valence-corrected chi connectivity index (χ0v) is 11.5. The summed E-state index contributed by atoms with van der Waals surface area (Å²) in [7, 11) is 0. The molecule has 0 aliphatic rings. The molecular formula is C15H18N2O2. The minimum atomic E-state index is -0.315. The van der Waals surface area contributed by atoms with Crippen molar-refractivity contribution < 1.29 is 9.32 Å². The van der Waals surface area contributed by atoms with Crippen molar-refractivity contribution in [3.8, 4) is 0 Å². The maximum absolute atomic E-state index is 11.6. The van der Waals surface area contributed by atoms with E-state index in [2.05, 4.69) is 22.3 Å². The van der Waals surface area contributed by atoms with Crippen LogP contribution < -0.4 is 0 Å². The van der Waals surface area contributed by atoms with Crippen molar-refractivity contribution in [1.29, 1.82) is 0 Å². The Bertz CT molecular complexity index is 558. The molecule has 1 unspecified atom stereocenters. The molecule has 0 spiro atoms. The van der Waals surface area contributed by atoms with Crippen LogP contribution in [0.1, 0.15) is 49.0 Å². The van der Waals surface area contributed by atoms with E-state index in [9.17, 15) is 4.79 Å². The first kappa shape index (κ1) is 13.5. The van der Waals surface area contributed by atoms with Crippen LogP contribution in [0, 0.1) is 6.92 Å². The lowest BCUT2D eigenvalue weighted by Crippen LogP contribution is -2.07. The third kappa shape index (κ3) is 3.28. The normalized spacial score (nSPS) is 12.4. The average molecular weight is 258 g/mol. The number of ketones is 1. The van der Waals surface area contributed by atoms with E-state index >= 15 is 0 Å². The van der Waals surface area contributed by atoms with Gasteiger partial charge < -0.3 is 4.52 Å². The molecule has 0 saturated carbocycles. The molecule has 0 radical (unpaired) electrons. The van der Waals surface area contributed by atoms with Gasteiger partial charge in [-0.15, -0.1) is 0 Å². The van der Waals surface area contributed by atoms with Gasteiger partial charge in [0.1, 0.15) is 5.78 Å². The van der Waals surface area contributed by atoms with Crippen molar-refractivity contribution in [3.05, 3.63) is 47.1 Å². The number of aryl methyl sites for hydroxylation is 1. The van der Waals surface area contributed by atoms with Crippen LogP contribution in [0.2, 0.25) is 0 Å². The molecule has 4 heteroatoms. The van der Waals surface area contributed by atoms with Gasteiger partial charge in [-0.3, -0.25) is 4.79 Å². The van der Waals surface area contributed by atoms with Crippen molar-refractivity contribution in [1.82, 2.24) is 10.1 Å². The van der Waals surface area contributed by atoms with Gasteiger partial charge in [-0.1, -0.05) is 41.9 Å². The Kier molecular flexibility index (Phi) is 4.10. The summed E-state index contributed by atoms with van der Waals surface area (Å²) >= 11 is 0. The molecule has 2 aromatic rings. The minimum absolute atomic E-state index is 0.116. The first-order valence-corrected chi connectivity index (χ1v) is 6.51. The molecule has 0 amide bonds. The number of carbonyl (C=O) groups is 1. The minimum Gasteiger partial charge on any atom is -0.339 e. The molecule has 0 saturated heterocycles. The monoisotopic (exact) mass is 258 g/mol. The topological polar surface area (TPSA) is 56.0 Å². The highest BCUT2D eigenvalue weighted by Gasteiger charge is 2.20. The summed E-state index contributed by atoms with van der Waals surface area (Å²) in [6.45, 7) is 5.69. The highest BCUT2D eigenvalue weighted by molar-refractivity contribution is 5.83. The number of carbonyl (C=O) groups excluding carboxylic acids is 1. The molecule has 2 rings (SSSR count). The van der Waals surface area contributed by atoms with Crippen LogP contribution in [0.15, 0.2) is 28.8 Å². The van der Waals surface area contributed by atoms with Crippen LogP contribution in [0.3, 0.4) is 0 Å². The van der Waals surface area contributed by atoms with E-state index in [1.807, 2.05) is 26.0 Å². The number of hydrogen-bond acceptors (Lipinski definition) is 4. The van der Waals surface area contributed by atoms with E-state index in [0.29, 0.717) is 24.6 Å². The second kappa shape index (κ2) is 5.78. The first-order chi connectivity index (χ1) is 9.10. The van der Waals surface area contributed by atoms with Gasteiger partial charge in [0.15, 0.2) is 5.82 Å². The van der Waals surface area contributed by atoms with Gasteiger partial charge in [-0.2, -0.15) is 4.98 Å². The number of hydrogen-bond donors (Lipinski definition) is 0. The van der Waals surface area contributed by atoms with Gasteiger partial charge in [0.2, 0.25) is 5.89 Å². The van der Waals surface area contributed by atoms with E-state index in [-0.39, 0.29) is 11.7 Å². The molecule has 1 atom stereocenters. The van der Waals surface area contributed by atoms with Crippen molar-refractivity contribution in [3.63, 3.8) is 0 Å². The molecule has 0 bridgehead atoms. The lowest BCUT2D eigenvalue weighted by molar-refractivity contribution is -0.120. The molecule has 4 nitrogen and oxygen atoms in total. The van der Waals surface area contributed by atoms with E-state index in [1.54, 1.807) is 6.92 Å². The highest BCUT2D eigenvalue weighted by atomic mass is 16.5. The quantitative estimate of drug-likeness (QED) is 0.827. The number of benzene rings is 1. The molecule has 0 aliphatic heterocycles. The van der Waals surface area contributed by atoms with E-state index < -0.39 is 0 Å². The Morgan fingerprint density at radius 2 is 2.00 bits per heavy atom. The van der Waals surface area contributed by atoms with Crippen molar-refractivity contribution in [2.45, 2.75) is 39.5 Å². The summed E-state index contributed by atoms with van der Waals surface area (Å²) in [5, 5.41) is 3.93. The van der Waals surface area contributed by atoms with Gasteiger partial charge in [0.25, 0.3) is 0 Å². The summed E-state index contributed by atoms with van der Waals surface area (Å²) < 4.78 is 5.16. The zero-order chi connectivity index (χ0) is 13.8. The Labute approximate surface area is 112 Å². The number of rotatable bonds is 5. The van der Waals surface area contributed by atoms with Crippen LogP contribution in [0.25, 0.3) is 0 Å². The largest absolute Gasteiger partial charge is 0.339 e. The van der Waals surface area contributed by atoms with Gasteiger partial charge in [0.05, 0.1) is 5.92 Å². The molecular weight excluding hydrogens is 240 g/mol. The van der Waals surface area contributed by atoms with Crippen LogP contribution in [-0.2, 0) is 11.2 Å². The molecule has 1 heterocycles. The number of aromatic nitrogens is 2. The summed E-state index contributed by atoms with van der Waals surface area (Å²) in [6, 6.07) is 8.21. The van der Waals surface area contributed by atoms with Crippen molar-refractivity contribution in [2.24, 2.45) is 0 Å². The highest BCUT2D eigenvalue weighted by Crippen LogP contribution is 2.16. The second-order valence-corrected chi connectivity index (χ2v) is 4.75. The van der Waals surface area contributed by atoms with E-state index in [0.717, 1.165) is 5.56 Å². The van der Waals surface area contributed by atoms with Crippen LogP contribution >= 0.6 is 0 Å². The fraction of sp³-hybridized carbons (Fsp3) is 0.400. The van der Waals surface area contributed by atoms with Crippen molar-refractivity contribution in [2.75, 3.05) is 0 Å². The SMILES string of the molecule is CCC(=O)C(C)c1nc(Cc2ccc(C)cc2)no1. The molecule has 0 fully saturated rings. The third-order valence-corrected chi connectivity index (χ3v) is 3.17. The zero-order valence-electron chi connectivity index (χ0n) is 11.5. The molecule has 100 valence electrons. The Morgan fingerprint density at radius 3 is 2.63 bits per heavy atom. The maximum Gasteiger partial charge on any atom is 0.236 e. The first-order valence-electron chi connectivity index (χ1n) is 6.51. The number of Topliss-reactive ketones (excluding diaryl/α,β-unsaturated/α-hetero) is 1. The van der Waals surface area contributed by atoms with Crippen LogP contribution in [0.5, 0.6) is 0 Å². The summed E-state index contributed by atoms with van der Waals surface area (Å²) in [6.07, 6.45) is 1.10. The standard InChI is InChI=1S/C15H18N2O2/c1-4-13(18)11(3)15-16-14(17-19-15)9-12-7-5-10(2)6-8-12/h5-8,11H,4,9H2,1-3H3. The maximum atomic E-state index is 11.6. The van der Waals surface area contributed by atoms with Gasteiger partial charge >= 0.3 is 0 Å². The van der Waals surface area contributed by atoms with Gasteiger partial charge in [-0.05, 0) is 19.4 Å². The molecule has 1 aromatic carbocycles. The van der Waals surface area contributed by atoms with Crippen LogP contribution in [-0.4, -0.2) is 15.9 Å². The summed E-state index contributed by atoms with van der Waals surface area (Å²) in [5.74, 6) is 0.832. The summed E-state index contributed by atoms with van der Waals surface area (Å²) in [5.41, 5.74) is 2.35. The van der Waals surface area contributed by atoms with Crippen molar-refractivity contribution >= 4 is 5.78 Å². The van der Waals surface area contributed by atoms with E-state index in [4.69, 9.17) is 4.52 Å². The Balaban J connectivity index is 2.09. The van der Waals surface area contributed by atoms with Crippen LogP contribution in [0.4, 0.5) is 0 Å². The lowest BCUT2D eigenvalue weighted by atomic mass is 10.1. The second-order valence-electron chi connectivity index (χ2n) is 4.75. The molecule has 0 N–H and O–H groups in total. The Morgan fingerprint density at radius 1 is 1.32 bits per heavy atom. The van der Waals surface area contributed by atoms with E-state index in [1.165, 1.54) is 5.56 Å². The lowest BCUT2D eigenvalue weighted by Gasteiger charge is -2.01. The third-order valence-electron chi connectivity index (χ3n) is 3.17.